The smallest absolute Gasteiger partial charge is 0.242 e. The van der Waals surface area contributed by atoms with Crippen molar-refractivity contribution in [3.8, 4) is 0 Å². The highest BCUT2D eigenvalue weighted by molar-refractivity contribution is 5.86. The Bertz CT molecular complexity index is 468. The molecule has 1 saturated heterocycles. The van der Waals surface area contributed by atoms with Crippen molar-refractivity contribution < 1.29 is 9.53 Å². The number of ether oxygens (including phenoxy) is 1. The molecule has 108 valence electrons. The number of nitrogens with zero attached hydrogens (tertiary/aromatic N) is 1. The van der Waals surface area contributed by atoms with Crippen LogP contribution in [-0.2, 0) is 22.4 Å². The van der Waals surface area contributed by atoms with Gasteiger partial charge in [0.05, 0.1) is 5.54 Å². The highest BCUT2D eigenvalue weighted by Gasteiger charge is 2.39. The Kier molecular flexibility index (Phi) is 3.76. The monoisotopic (exact) mass is 274 g/mol. The van der Waals surface area contributed by atoms with E-state index in [1.54, 1.807) is 0 Å². The molecule has 1 amide bonds. The standard InChI is InChI=1S/C16H22N2O2/c17-16(7-11-20-12-8-16)15(19)18-9-5-13-3-1-2-4-14(13)6-10-18/h1-4H,5-12,17H2. The van der Waals surface area contributed by atoms with E-state index >= 15 is 0 Å². The maximum atomic E-state index is 12.7. The van der Waals surface area contributed by atoms with Crippen molar-refractivity contribution in [1.82, 2.24) is 4.90 Å². The van der Waals surface area contributed by atoms with E-state index in [4.69, 9.17) is 10.5 Å². The van der Waals surface area contributed by atoms with Gasteiger partial charge in [0.2, 0.25) is 5.91 Å². The first-order chi connectivity index (χ1) is 9.69. The maximum absolute atomic E-state index is 12.7. The van der Waals surface area contributed by atoms with Gasteiger partial charge in [-0.15, -0.1) is 0 Å². The third kappa shape index (κ3) is 2.58. The highest BCUT2D eigenvalue weighted by atomic mass is 16.5. The normalized spacial score (nSPS) is 21.9. The Morgan fingerprint density at radius 1 is 1.10 bits per heavy atom. The van der Waals surface area contributed by atoms with E-state index in [1.807, 2.05) is 4.90 Å². The summed E-state index contributed by atoms with van der Waals surface area (Å²) in [5.41, 5.74) is 8.33. The lowest BCUT2D eigenvalue weighted by molar-refractivity contribution is -0.140. The lowest BCUT2D eigenvalue weighted by Crippen LogP contribution is -2.58. The molecule has 0 bridgehead atoms. The Labute approximate surface area is 119 Å². The Balaban J connectivity index is 1.71. The maximum Gasteiger partial charge on any atom is 0.242 e. The first-order valence-electron chi connectivity index (χ1n) is 7.42. The molecule has 20 heavy (non-hydrogen) atoms. The lowest BCUT2D eigenvalue weighted by Gasteiger charge is -2.36. The average molecular weight is 274 g/mol. The summed E-state index contributed by atoms with van der Waals surface area (Å²) < 4.78 is 5.33. The zero-order chi connectivity index (χ0) is 14.0. The van der Waals surface area contributed by atoms with Crippen LogP contribution in [0.25, 0.3) is 0 Å². The molecule has 0 atom stereocenters. The summed E-state index contributed by atoms with van der Waals surface area (Å²) in [6.45, 7) is 2.73. The van der Waals surface area contributed by atoms with Gasteiger partial charge in [0.1, 0.15) is 0 Å². The highest BCUT2D eigenvalue weighted by Crippen LogP contribution is 2.23. The first-order valence-corrected chi connectivity index (χ1v) is 7.42. The summed E-state index contributed by atoms with van der Waals surface area (Å²) in [7, 11) is 0. The van der Waals surface area contributed by atoms with E-state index in [0.717, 1.165) is 25.9 Å². The number of benzene rings is 1. The number of carbonyl (C=O) groups is 1. The van der Waals surface area contributed by atoms with Crippen LogP contribution >= 0.6 is 0 Å². The summed E-state index contributed by atoms with van der Waals surface area (Å²) in [5.74, 6) is 0.105. The van der Waals surface area contributed by atoms with Gasteiger partial charge in [-0.3, -0.25) is 4.79 Å². The Morgan fingerprint density at radius 2 is 1.65 bits per heavy atom. The van der Waals surface area contributed by atoms with E-state index < -0.39 is 5.54 Å². The minimum absolute atomic E-state index is 0.105. The van der Waals surface area contributed by atoms with Gasteiger partial charge >= 0.3 is 0 Å². The number of hydrogen-bond donors (Lipinski definition) is 1. The molecule has 0 aliphatic carbocycles. The van der Waals surface area contributed by atoms with E-state index in [1.165, 1.54) is 11.1 Å². The number of carbonyl (C=O) groups excluding carboxylic acids is 1. The predicted octanol–water partition coefficient (Wildman–Crippen LogP) is 1.12. The van der Waals surface area contributed by atoms with Crippen LogP contribution in [-0.4, -0.2) is 42.6 Å². The minimum Gasteiger partial charge on any atom is -0.381 e. The molecule has 0 spiro atoms. The third-order valence-corrected chi connectivity index (χ3v) is 4.52. The van der Waals surface area contributed by atoms with Gasteiger partial charge in [0.25, 0.3) is 0 Å². The van der Waals surface area contributed by atoms with Crippen LogP contribution < -0.4 is 5.73 Å². The van der Waals surface area contributed by atoms with Crippen LogP contribution in [0.4, 0.5) is 0 Å². The molecular formula is C16H22N2O2. The lowest BCUT2D eigenvalue weighted by atomic mass is 9.89. The molecule has 4 nitrogen and oxygen atoms in total. The van der Waals surface area contributed by atoms with Crippen molar-refractivity contribution in [1.29, 1.82) is 0 Å². The molecule has 0 aromatic heterocycles. The Hall–Kier alpha value is -1.39. The summed E-state index contributed by atoms with van der Waals surface area (Å²) >= 11 is 0. The predicted molar refractivity (Wildman–Crippen MR) is 77.4 cm³/mol. The molecule has 0 unspecified atom stereocenters. The molecule has 4 heteroatoms. The molecule has 2 aliphatic heterocycles. The fourth-order valence-corrected chi connectivity index (χ4v) is 3.14. The zero-order valence-electron chi connectivity index (χ0n) is 11.8. The van der Waals surface area contributed by atoms with Gasteiger partial charge in [0.15, 0.2) is 0 Å². The van der Waals surface area contributed by atoms with Gasteiger partial charge in [0, 0.05) is 26.3 Å². The summed E-state index contributed by atoms with van der Waals surface area (Å²) in [4.78, 5) is 14.7. The zero-order valence-corrected chi connectivity index (χ0v) is 11.8. The third-order valence-electron chi connectivity index (χ3n) is 4.52. The van der Waals surface area contributed by atoms with Crippen LogP contribution in [0.1, 0.15) is 24.0 Å². The van der Waals surface area contributed by atoms with Gasteiger partial charge in [-0.25, -0.2) is 0 Å². The van der Waals surface area contributed by atoms with E-state index in [9.17, 15) is 4.79 Å². The van der Waals surface area contributed by atoms with Crippen LogP contribution in [0.5, 0.6) is 0 Å². The molecule has 1 fully saturated rings. The fourth-order valence-electron chi connectivity index (χ4n) is 3.14. The minimum atomic E-state index is -0.714. The second-order valence-electron chi connectivity index (χ2n) is 5.83. The topological polar surface area (TPSA) is 55.6 Å². The number of hydrogen-bond acceptors (Lipinski definition) is 3. The molecule has 1 aromatic rings. The number of rotatable bonds is 1. The van der Waals surface area contributed by atoms with Crippen molar-refractivity contribution in [2.45, 2.75) is 31.2 Å². The van der Waals surface area contributed by atoms with E-state index in [0.29, 0.717) is 26.1 Å². The van der Waals surface area contributed by atoms with Crippen molar-refractivity contribution >= 4 is 5.91 Å². The summed E-state index contributed by atoms with van der Waals surface area (Å²) in [5, 5.41) is 0. The molecule has 0 radical (unpaired) electrons. The van der Waals surface area contributed by atoms with Crippen molar-refractivity contribution in [3.05, 3.63) is 35.4 Å². The average Bonchev–Trinajstić information content (AvgIpc) is 2.70. The van der Waals surface area contributed by atoms with Crippen molar-refractivity contribution in [3.63, 3.8) is 0 Å². The first kappa shape index (κ1) is 13.6. The quantitative estimate of drug-likeness (QED) is 0.835. The molecule has 0 saturated carbocycles. The van der Waals surface area contributed by atoms with E-state index in [2.05, 4.69) is 24.3 Å². The fraction of sp³-hybridized carbons (Fsp3) is 0.562. The molecule has 1 aromatic carbocycles. The number of amides is 1. The second kappa shape index (κ2) is 5.54. The number of nitrogens with two attached hydrogens (primary N) is 1. The van der Waals surface area contributed by atoms with Gasteiger partial charge in [-0.1, -0.05) is 24.3 Å². The summed E-state index contributed by atoms with van der Waals surface area (Å²) in [6.07, 6.45) is 3.12. The van der Waals surface area contributed by atoms with E-state index in [-0.39, 0.29) is 5.91 Å². The number of fused-ring (bicyclic) bond motifs is 1. The van der Waals surface area contributed by atoms with Crippen LogP contribution in [0, 0.1) is 0 Å². The Morgan fingerprint density at radius 3 is 2.20 bits per heavy atom. The van der Waals surface area contributed by atoms with Crippen molar-refractivity contribution in [2.75, 3.05) is 26.3 Å². The summed E-state index contributed by atoms with van der Waals surface area (Å²) in [6, 6.07) is 8.46. The molecule has 2 N–H and O–H groups in total. The molecule has 3 rings (SSSR count). The SMILES string of the molecule is NC1(C(=O)N2CCc3ccccc3CC2)CCOCC1. The van der Waals surface area contributed by atoms with Crippen LogP contribution in [0.15, 0.2) is 24.3 Å². The van der Waals surface area contributed by atoms with Crippen LogP contribution in [0.2, 0.25) is 0 Å². The van der Waals surface area contributed by atoms with Gasteiger partial charge < -0.3 is 15.4 Å². The molecular weight excluding hydrogens is 252 g/mol. The largest absolute Gasteiger partial charge is 0.381 e. The van der Waals surface area contributed by atoms with Gasteiger partial charge in [-0.2, -0.15) is 0 Å². The van der Waals surface area contributed by atoms with Crippen LogP contribution in [0.3, 0.4) is 0 Å². The van der Waals surface area contributed by atoms with Crippen molar-refractivity contribution in [2.24, 2.45) is 5.73 Å². The molecule has 2 aliphatic rings. The second-order valence-corrected chi connectivity index (χ2v) is 5.83. The molecule has 2 heterocycles. The van der Waals surface area contributed by atoms with Gasteiger partial charge in [-0.05, 0) is 36.8 Å².